The van der Waals surface area contributed by atoms with Gasteiger partial charge in [0.05, 0.1) is 20.3 Å². The highest BCUT2D eigenvalue weighted by atomic mass is 35.5. The van der Waals surface area contributed by atoms with Gasteiger partial charge in [-0.25, -0.2) is 0 Å². The largest absolute Gasteiger partial charge is 0.355 e. The fourth-order valence-corrected chi connectivity index (χ4v) is 2.49. The summed E-state index contributed by atoms with van der Waals surface area (Å²) in [6.07, 6.45) is 0. The maximum absolute atomic E-state index is 11.2. The molecule has 0 atom stereocenters. The second kappa shape index (κ2) is 5.33. The Morgan fingerprint density at radius 3 is 2.35 bits per heavy atom. The van der Waals surface area contributed by atoms with Crippen LogP contribution < -0.4 is 0 Å². The molecule has 0 spiro atoms. The summed E-state index contributed by atoms with van der Waals surface area (Å²) >= 11 is 6.06. The second-order valence-corrected chi connectivity index (χ2v) is 5.21. The highest BCUT2D eigenvalue weighted by Gasteiger charge is 2.25. The van der Waals surface area contributed by atoms with Crippen molar-refractivity contribution in [2.75, 3.05) is 0 Å². The quantitative estimate of drug-likeness (QED) is 0.522. The Morgan fingerprint density at radius 1 is 1.13 bits per heavy atom. The third-order valence-corrected chi connectivity index (χ3v) is 3.85. The SMILES string of the molecule is Cc1c(Cl)cc2c(-c3ccc([N+](=O)[O-])cc3)onc2c1[N+](=O)[O-]. The van der Waals surface area contributed by atoms with Crippen LogP contribution >= 0.6 is 11.6 Å². The average molecular weight is 334 g/mol. The summed E-state index contributed by atoms with van der Waals surface area (Å²) in [4.78, 5) is 20.8. The van der Waals surface area contributed by atoms with E-state index in [0.29, 0.717) is 16.5 Å². The molecule has 0 saturated heterocycles. The van der Waals surface area contributed by atoms with Crippen LogP contribution in [0.15, 0.2) is 34.9 Å². The number of halogens is 1. The van der Waals surface area contributed by atoms with Gasteiger partial charge in [-0.3, -0.25) is 20.2 Å². The Kier molecular flexibility index (Phi) is 3.45. The first-order valence-electron chi connectivity index (χ1n) is 6.38. The molecule has 0 N–H and O–H groups in total. The molecule has 3 aromatic rings. The van der Waals surface area contributed by atoms with Crippen LogP contribution in [0.5, 0.6) is 0 Å². The smallest absolute Gasteiger partial charge is 0.303 e. The van der Waals surface area contributed by atoms with Crippen LogP contribution in [0, 0.1) is 27.2 Å². The molecular formula is C14H8ClN3O5. The van der Waals surface area contributed by atoms with Gasteiger partial charge in [-0.2, -0.15) is 0 Å². The van der Waals surface area contributed by atoms with Crippen LogP contribution in [0.1, 0.15) is 5.56 Å². The molecule has 0 aliphatic rings. The zero-order valence-corrected chi connectivity index (χ0v) is 12.4. The fourth-order valence-electron chi connectivity index (χ4n) is 2.29. The molecule has 0 bridgehead atoms. The number of non-ortho nitro benzene ring substituents is 1. The lowest BCUT2D eigenvalue weighted by molar-refractivity contribution is -0.384. The molecule has 1 aromatic heterocycles. The third kappa shape index (κ3) is 2.38. The molecular weight excluding hydrogens is 326 g/mol. The molecule has 0 fully saturated rings. The third-order valence-electron chi connectivity index (χ3n) is 3.46. The van der Waals surface area contributed by atoms with Crippen molar-refractivity contribution in [2.24, 2.45) is 0 Å². The van der Waals surface area contributed by atoms with Crippen molar-refractivity contribution >= 4 is 33.9 Å². The topological polar surface area (TPSA) is 112 Å². The van der Waals surface area contributed by atoms with E-state index in [2.05, 4.69) is 5.16 Å². The van der Waals surface area contributed by atoms with Gasteiger partial charge >= 0.3 is 5.69 Å². The minimum absolute atomic E-state index is 0.0718. The molecule has 0 saturated carbocycles. The molecule has 0 aliphatic carbocycles. The summed E-state index contributed by atoms with van der Waals surface area (Å²) in [7, 11) is 0. The Hall–Kier alpha value is -3.00. The molecule has 9 heteroatoms. The van der Waals surface area contributed by atoms with Crippen LogP contribution in [-0.2, 0) is 0 Å². The van der Waals surface area contributed by atoms with E-state index < -0.39 is 9.85 Å². The number of hydrogen-bond donors (Lipinski definition) is 0. The van der Waals surface area contributed by atoms with Crippen molar-refractivity contribution < 1.29 is 14.4 Å². The average Bonchev–Trinajstić information content (AvgIpc) is 2.91. The van der Waals surface area contributed by atoms with E-state index in [0.717, 1.165) is 0 Å². The second-order valence-electron chi connectivity index (χ2n) is 4.80. The van der Waals surface area contributed by atoms with Crippen LogP contribution in [-0.4, -0.2) is 15.0 Å². The zero-order chi connectivity index (χ0) is 16.7. The van der Waals surface area contributed by atoms with Crippen LogP contribution in [0.2, 0.25) is 5.02 Å². The van der Waals surface area contributed by atoms with Crippen LogP contribution in [0.3, 0.4) is 0 Å². The van der Waals surface area contributed by atoms with Gasteiger partial charge in [0, 0.05) is 23.3 Å². The fraction of sp³-hybridized carbons (Fsp3) is 0.0714. The van der Waals surface area contributed by atoms with E-state index >= 15 is 0 Å². The number of nitro groups is 2. The predicted octanol–water partition coefficient (Wildman–Crippen LogP) is 4.27. The molecule has 0 unspecified atom stereocenters. The lowest BCUT2D eigenvalue weighted by Crippen LogP contribution is -1.94. The standard InChI is InChI=1S/C14H8ClN3O5/c1-7-11(15)6-10-12(13(7)18(21)22)16-23-14(10)8-2-4-9(5-3-8)17(19)20/h2-6H,1H3. The molecule has 0 radical (unpaired) electrons. The van der Waals surface area contributed by atoms with Gasteiger partial charge in [0.25, 0.3) is 5.69 Å². The first kappa shape index (κ1) is 14.9. The Balaban J connectivity index is 2.24. The van der Waals surface area contributed by atoms with Crippen molar-refractivity contribution in [2.45, 2.75) is 6.92 Å². The molecule has 0 aliphatic heterocycles. The van der Waals surface area contributed by atoms with E-state index in [9.17, 15) is 20.2 Å². The molecule has 8 nitrogen and oxygen atoms in total. The minimum atomic E-state index is -0.564. The normalized spacial score (nSPS) is 10.9. The number of nitrogens with zero attached hydrogens (tertiary/aromatic N) is 3. The molecule has 116 valence electrons. The van der Waals surface area contributed by atoms with Gasteiger partial charge in [-0.05, 0) is 25.1 Å². The van der Waals surface area contributed by atoms with Gasteiger partial charge in [0.15, 0.2) is 11.3 Å². The predicted molar refractivity (Wildman–Crippen MR) is 82.5 cm³/mol. The lowest BCUT2D eigenvalue weighted by atomic mass is 10.1. The summed E-state index contributed by atoms with van der Waals surface area (Å²) in [6.45, 7) is 1.53. The number of hydrogen-bond acceptors (Lipinski definition) is 6. The van der Waals surface area contributed by atoms with Crippen molar-refractivity contribution in [3.05, 3.63) is 61.1 Å². The Bertz CT molecular complexity index is 949. The highest BCUT2D eigenvalue weighted by molar-refractivity contribution is 6.32. The van der Waals surface area contributed by atoms with E-state index in [1.165, 1.54) is 37.3 Å². The van der Waals surface area contributed by atoms with Crippen molar-refractivity contribution in [3.8, 4) is 11.3 Å². The number of benzene rings is 2. The van der Waals surface area contributed by atoms with Gasteiger partial charge in [0.2, 0.25) is 0 Å². The molecule has 3 rings (SSSR count). The van der Waals surface area contributed by atoms with E-state index in [4.69, 9.17) is 16.1 Å². The van der Waals surface area contributed by atoms with Gasteiger partial charge < -0.3 is 4.52 Å². The number of nitro benzene ring substituents is 2. The minimum Gasteiger partial charge on any atom is -0.355 e. The summed E-state index contributed by atoms with van der Waals surface area (Å²) in [5.74, 6) is 0.264. The Morgan fingerprint density at radius 2 is 1.78 bits per heavy atom. The highest BCUT2D eigenvalue weighted by Crippen LogP contribution is 2.39. The molecule has 0 amide bonds. The maximum Gasteiger partial charge on any atom is 0.303 e. The monoisotopic (exact) mass is 333 g/mol. The van der Waals surface area contributed by atoms with E-state index in [1.807, 2.05) is 0 Å². The number of aromatic nitrogens is 1. The summed E-state index contributed by atoms with van der Waals surface area (Å²) < 4.78 is 5.22. The zero-order valence-electron chi connectivity index (χ0n) is 11.6. The summed E-state index contributed by atoms with van der Waals surface area (Å²) in [6, 6.07) is 7.13. The lowest BCUT2D eigenvalue weighted by Gasteiger charge is -2.01. The van der Waals surface area contributed by atoms with Crippen LogP contribution in [0.4, 0.5) is 11.4 Å². The van der Waals surface area contributed by atoms with E-state index in [1.54, 1.807) is 0 Å². The molecule has 1 heterocycles. The number of fused-ring (bicyclic) bond motifs is 1. The summed E-state index contributed by atoms with van der Waals surface area (Å²) in [5, 5.41) is 26.3. The van der Waals surface area contributed by atoms with Crippen molar-refractivity contribution in [3.63, 3.8) is 0 Å². The van der Waals surface area contributed by atoms with Gasteiger partial charge in [0.1, 0.15) is 0 Å². The number of rotatable bonds is 3. The van der Waals surface area contributed by atoms with Crippen LogP contribution in [0.25, 0.3) is 22.2 Å². The Labute approximate surface area is 133 Å². The molecule has 23 heavy (non-hydrogen) atoms. The van der Waals surface area contributed by atoms with Crippen molar-refractivity contribution in [1.82, 2.24) is 5.16 Å². The summed E-state index contributed by atoms with van der Waals surface area (Å²) in [5.41, 5.74) is 0.604. The van der Waals surface area contributed by atoms with Gasteiger partial charge in [-0.15, -0.1) is 0 Å². The first-order valence-corrected chi connectivity index (χ1v) is 6.75. The van der Waals surface area contributed by atoms with E-state index in [-0.39, 0.29) is 27.7 Å². The molecule has 2 aromatic carbocycles. The van der Waals surface area contributed by atoms with Crippen molar-refractivity contribution in [1.29, 1.82) is 0 Å². The first-order chi connectivity index (χ1) is 10.9. The van der Waals surface area contributed by atoms with Gasteiger partial charge in [-0.1, -0.05) is 16.8 Å². The maximum atomic E-state index is 11.2.